The molecular weight excluding hydrogens is 425 g/mol. The second-order valence-corrected chi connectivity index (χ2v) is 6.63. The summed E-state index contributed by atoms with van der Waals surface area (Å²) in [5.74, 6) is 2.30. The SMILES string of the molecule is C#CCO[C@H]1C[C@H](n2cc(C(F)(F)F)c(=O)[nH]c2=O)O[C@@H]1COCOCCOCCC. The quantitative estimate of drug-likeness (QED) is 0.291. The van der Waals surface area contributed by atoms with Crippen LogP contribution in [0.4, 0.5) is 13.2 Å². The van der Waals surface area contributed by atoms with Gasteiger partial charge < -0.3 is 23.7 Å². The molecule has 3 atom stereocenters. The van der Waals surface area contributed by atoms with E-state index in [-0.39, 0.29) is 26.4 Å². The van der Waals surface area contributed by atoms with E-state index in [4.69, 9.17) is 30.1 Å². The third-order valence-corrected chi connectivity index (χ3v) is 4.31. The van der Waals surface area contributed by atoms with Gasteiger partial charge in [0.1, 0.15) is 31.3 Å². The van der Waals surface area contributed by atoms with E-state index in [0.29, 0.717) is 30.6 Å². The summed E-state index contributed by atoms with van der Waals surface area (Å²) in [5, 5.41) is 0. The molecule has 174 valence electrons. The topological polar surface area (TPSA) is 101 Å². The van der Waals surface area contributed by atoms with Crippen molar-refractivity contribution in [3.63, 3.8) is 0 Å². The van der Waals surface area contributed by atoms with E-state index in [2.05, 4.69) is 5.92 Å². The molecule has 0 spiro atoms. The molecule has 1 saturated heterocycles. The van der Waals surface area contributed by atoms with E-state index in [1.54, 1.807) is 4.98 Å². The lowest BCUT2D eigenvalue weighted by atomic mass is 10.2. The lowest BCUT2D eigenvalue weighted by Crippen LogP contribution is -2.36. The van der Waals surface area contributed by atoms with Crippen LogP contribution in [0.2, 0.25) is 0 Å². The molecule has 12 heteroatoms. The van der Waals surface area contributed by atoms with Gasteiger partial charge in [0.05, 0.1) is 25.9 Å². The average molecular weight is 450 g/mol. The smallest absolute Gasteiger partial charge is 0.379 e. The highest BCUT2D eigenvalue weighted by Gasteiger charge is 2.40. The molecule has 1 aliphatic heterocycles. The van der Waals surface area contributed by atoms with Gasteiger partial charge in [0.15, 0.2) is 0 Å². The zero-order valence-corrected chi connectivity index (χ0v) is 17.0. The van der Waals surface area contributed by atoms with E-state index in [1.807, 2.05) is 6.92 Å². The minimum atomic E-state index is -4.93. The summed E-state index contributed by atoms with van der Waals surface area (Å²) in [6, 6.07) is 0. The number of nitrogens with one attached hydrogen (secondary N) is 1. The molecule has 1 N–H and O–H groups in total. The average Bonchev–Trinajstić information content (AvgIpc) is 3.10. The summed E-state index contributed by atoms with van der Waals surface area (Å²) in [6.07, 6.45) is -0.820. The summed E-state index contributed by atoms with van der Waals surface area (Å²) >= 11 is 0. The summed E-state index contributed by atoms with van der Waals surface area (Å²) in [6.45, 7) is 3.25. The summed E-state index contributed by atoms with van der Waals surface area (Å²) in [5.41, 5.74) is -4.06. The van der Waals surface area contributed by atoms with Crippen molar-refractivity contribution in [2.45, 2.75) is 44.4 Å². The van der Waals surface area contributed by atoms with Crippen molar-refractivity contribution < 1.29 is 36.9 Å². The molecule has 1 aliphatic rings. The van der Waals surface area contributed by atoms with Crippen molar-refractivity contribution in [3.05, 3.63) is 32.6 Å². The van der Waals surface area contributed by atoms with Crippen LogP contribution in [0.3, 0.4) is 0 Å². The van der Waals surface area contributed by atoms with Crippen LogP contribution >= 0.6 is 0 Å². The summed E-state index contributed by atoms with van der Waals surface area (Å²) < 4.78 is 66.9. The maximum Gasteiger partial charge on any atom is 0.423 e. The number of aromatic nitrogens is 2. The van der Waals surface area contributed by atoms with Crippen LogP contribution in [0.1, 0.15) is 31.6 Å². The van der Waals surface area contributed by atoms with Crippen molar-refractivity contribution in [1.29, 1.82) is 0 Å². The van der Waals surface area contributed by atoms with Crippen molar-refractivity contribution in [3.8, 4) is 12.3 Å². The number of H-pyrrole nitrogens is 1. The number of rotatable bonds is 12. The minimum absolute atomic E-state index is 0.00815. The van der Waals surface area contributed by atoms with Crippen LogP contribution in [0.25, 0.3) is 0 Å². The Balaban J connectivity index is 2.00. The van der Waals surface area contributed by atoms with Crippen LogP contribution in [0, 0.1) is 12.3 Å². The fourth-order valence-electron chi connectivity index (χ4n) is 2.90. The van der Waals surface area contributed by atoms with Gasteiger partial charge in [-0.05, 0) is 6.42 Å². The number of terminal acetylenes is 1. The van der Waals surface area contributed by atoms with Crippen LogP contribution in [0.15, 0.2) is 15.8 Å². The maximum atomic E-state index is 13.0. The van der Waals surface area contributed by atoms with Gasteiger partial charge in [0.25, 0.3) is 5.56 Å². The molecule has 0 aromatic carbocycles. The van der Waals surface area contributed by atoms with E-state index in [0.717, 1.165) is 6.42 Å². The first kappa shape index (κ1) is 25.1. The van der Waals surface area contributed by atoms with Crippen LogP contribution in [0.5, 0.6) is 0 Å². The Kier molecular flexibility index (Phi) is 9.73. The number of hydrogen-bond acceptors (Lipinski definition) is 7. The van der Waals surface area contributed by atoms with Gasteiger partial charge in [-0.3, -0.25) is 14.3 Å². The molecule has 0 saturated carbocycles. The molecule has 2 rings (SSSR count). The zero-order valence-electron chi connectivity index (χ0n) is 17.0. The predicted molar refractivity (Wildman–Crippen MR) is 101 cm³/mol. The van der Waals surface area contributed by atoms with Crippen molar-refractivity contribution in [2.75, 3.05) is 39.8 Å². The third-order valence-electron chi connectivity index (χ3n) is 4.31. The minimum Gasteiger partial charge on any atom is -0.379 e. The van der Waals surface area contributed by atoms with Crippen LogP contribution in [-0.2, 0) is 29.9 Å². The number of aromatic amines is 1. The highest BCUT2D eigenvalue weighted by molar-refractivity contribution is 5.09. The van der Waals surface area contributed by atoms with Gasteiger partial charge in [0.2, 0.25) is 0 Å². The normalized spacial score (nSPS) is 21.3. The van der Waals surface area contributed by atoms with E-state index < -0.39 is 41.4 Å². The lowest BCUT2D eigenvalue weighted by Gasteiger charge is -2.18. The molecule has 9 nitrogen and oxygen atoms in total. The van der Waals surface area contributed by atoms with E-state index >= 15 is 0 Å². The lowest BCUT2D eigenvalue weighted by molar-refractivity contribution is -0.140. The fraction of sp³-hybridized carbons (Fsp3) is 0.684. The number of alkyl halides is 3. The van der Waals surface area contributed by atoms with Crippen molar-refractivity contribution >= 4 is 0 Å². The Bertz CT molecular complexity index is 847. The highest BCUT2D eigenvalue weighted by Crippen LogP contribution is 2.32. The predicted octanol–water partition coefficient (Wildman–Crippen LogP) is 1.28. The number of ether oxygens (including phenoxy) is 5. The van der Waals surface area contributed by atoms with E-state index in [9.17, 15) is 22.8 Å². The fourth-order valence-corrected chi connectivity index (χ4v) is 2.90. The molecule has 1 aromatic heterocycles. The molecule has 0 amide bonds. The molecule has 0 radical (unpaired) electrons. The summed E-state index contributed by atoms with van der Waals surface area (Å²) in [7, 11) is 0. The molecule has 0 unspecified atom stereocenters. The Hall–Kier alpha value is -2.17. The first-order valence-electron chi connectivity index (χ1n) is 9.64. The molecule has 1 aromatic rings. The molecule has 0 aliphatic carbocycles. The van der Waals surface area contributed by atoms with Gasteiger partial charge in [-0.1, -0.05) is 12.8 Å². The standard InChI is InChI=1S/C19H25F3N2O7/c1-3-5-27-7-8-28-12-29-11-15-14(30-6-4-2)9-16(31-15)24-10-13(19(20,21)22)17(25)23-18(24)26/h2,10,14-16H,3,5-9,11-12H2,1H3,(H,23,25,26)/t14-,15+,16+/m0/s1. The maximum absolute atomic E-state index is 13.0. The largest absolute Gasteiger partial charge is 0.423 e. The summed E-state index contributed by atoms with van der Waals surface area (Å²) in [4.78, 5) is 25.2. The second kappa shape index (κ2) is 12.0. The Morgan fingerprint density at radius 3 is 2.68 bits per heavy atom. The molecular formula is C19H25F3N2O7. The van der Waals surface area contributed by atoms with Gasteiger partial charge in [-0.15, -0.1) is 6.42 Å². The number of hydrogen-bond donors (Lipinski definition) is 1. The molecule has 2 heterocycles. The molecule has 31 heavy (non-hydrogen) atoms. The van der Waals surface area contributed by atoms with Gasteiger partial charge in [0, 0.05) is 19.2 Å². The Labute approximate surface area is 176 Å². The number of nitrogens with zero attached hydrogens (tertiary/aromatic N) is 1. The first-order chi connectivity index (χ1) is 14.8. The number of halogens is 3. The van der Waals surface area contributed by atoms with Crippen molar-refractivity contribution in [1.82, 2.24) is 9.55 Å². The van der Waals surface area contributed by atoms with Crippen molar-refractivity contribution in [2.24, 2.45) is 0 Å². The van der Waals surface area contributed by atoms with Gasteiger partial charge >= 0.3 is 11.9 Å². The monoisotopic (exact) mass is 450 g/mol. The van der Waals surface area contributed by atoms with Crippen LogP contribution in [-0.4, -0.2) is 61.6 Å². The molecule has 0 bridgehead atoms. The van der Waals surface area contributed by atoms with Gasteiger partial charge in [-0.25, -0.2) is 4.79 Å². The molecule has 1 fully saturated rings. The zero-order chi connectivity index (χ0) is 22.9. The second-order valence-electron chi connectivity index (χ2n) is 6.63. The van der Waals surface area contributed by atoms with Crippen LogP contribution < -0.4 is 11.2 Å². The Morgan fingerprint density at radius 1 is 1.26 bits per heavy atom. The first-order valence-corrected chi connectivity index (χ1v) is 9.64. The van der Waals surface area contributed by atoms with Gasteiger partial charge in [-0.2, -0.15) is 13.2 Å². The highest BCUT2D eigenvalue weighted by atomic mass is 19.4. The Morgan fingerprint density at radius 2 is 2.00 bits per heavy atom. The van der Waals surface area contributed by atoms with E-state index in [1.165, 1.54) is 0 Å². The third kappa shape index (κ3) is 7.48.